The molecule has 0 nitrogen and oxygen atoms in total. The van der Waals surface area contributed by atoms with Gasteiger partial charge in [-0.2, -0.15) is 0 Å². The molecule has 0 N–H and O–H groups in total. The molecule has 0 aromatic heterocycles. The Bertz CT molecular complexity index is 508. The molecular weight excluding hydrogens is 283 g/mol. The summed E-state index contributed by atoms with van der Waals surface area (Å²) in [6.45, 7) is 0. The molecule has 2 aromatic carbocycles. The molecule has 0 fully saturated rings. The summed E-state index contributed by atoms with van der Waals surface area (Å²) in [5, 5.41) is 0.744. The van der Waals surface area contributed by atoms with Crippen LogP contribution in [0.5, 0.6) is 0 Å². The van der Waals surface area contributed by atoms with E-state index in [1.54, 1.807) is 11.8 Å². The summed E-state index contributed by atoms with van der Waals surface area (Å²) in [6.07, 6.45) is 2.86. The van der Waals surface area contributed by atoms with Gasteiger partial charge in [-0.1, -0.05) is 35.9 Å². The van der Waals surface area contributed by atoms with Gasteiger partial charge in [-0.3, -0.25) is 0 Å². The first kappa shape index (κ1) is 13.8. The third-order valence-electron chi connectivity index (χ3n) is 2.78. The lowest BCUT2D eigenvalue weighted by atomic mass is 10.0. The molecule has 0 saturated carbocycles. The van der Waals surface area contributed by atoms with Gasteiger partial charge in [0.15, 0.2) is 0 Å². The van der Waals surface area contributed by atoms with Crippen LogP contribution in [0.2, 0.25) is 5.02 Å². The highest BCUT2D eigenvalue weighted by molar-refractivity contribution is 7.98. The zero-order chi connectivity index (χ0) is 13.0. The lowest BCUT2D eigenvalue weighted by Gasteiger charge is -2.10. The Kier molecular flexibility index (Phi) is 4.99. The number of hydrogen-bond acceptors (Lipinski definition) is 1. The number of benzene rings is 2. The summed E-state index contributed by atoms with van der Waals surface area (Å²) in [4.78, 5) is 1.25. The maximum absolute atomic E-state index is 6.44. The summed E-state index contributed by atoms with van der Waals surface area (Å²) in [7, 11) is 0. The Labute approximate surface area is 122 Å². The first-order valence-corrected chi connectivity index (χ1v) is 7.75. The second kappa shape index (κ2) is 6.51. The summed E-state index contributed by atoms with van der Waals surface area (Å²) in [6, 6.07) is 16.2. The Morgan fingerprint density at radius 3 is 2.44 bits per heavy atom. The van der Waals surface area contributed by atoms with Crippen LogP contribution in [0.1, 0.15) is 16.5 Å². The fraction of sp³-hybridized carbons (Fsp3) is 0.200. The second-order valence-corrected chi connectivity index (χ2v) is 5.92. The zero-order valence-corrected chi connectivity index (χ0v) is 12.4. The standard InChI is InChI=1S/C15H14Cl2S/c1-18-14-7-5-12(6-8-14)15(17)10-11-3-2-4-13(16)9-11/h2-9,15H,10H2,1H3. The zero-order valence-electron chi connectivity index (χ0n) is 10.1. The third kappa shape index (κ3) is 3.68. The first-order chi connectivity index (χ1) is 8.69. The van der Waals surface area contributed by atoms with Crippen LogP contribution in [0.15, 0.2) is 53.4 Å². The Morgan fingerprint density at radius 2 is 1.83 bits per heavy atom. The largest absolute Gasteiger partial charge is 0.130 e. The monoisotopic (exact) mass is 296 g/mol. The third-order valence-corrected chi connectivity index (χ3v) is 4.17. The van der Waals surface area contributed by atoms with Crippen molar-refractivity contribution in [3.05, 3.63) is 64.7 Å². The molecule has 1 unspecified atom stereocenters. The Morgan fingerprint density at radius 1 is 1.11 bits per heavy atom. The van der Waals surface area contributed by atoms with Crippen molar-refractivity contribution < 1.29 is 0 Å². The maximum atomic E-state index is 6.44. The van der Waals surface area contributed by atoms with Gasteiger partial charge in [0.2, 0.25) is 0 Å². The van der Waals surface area contributed by atoms with Crippen LogP contribution in [0.25, 0.3) is 0 Å². The van der Waals surface area contributed by atoms with E-state index in [-0.39, 0.29) is 5.38 Å². The number of rotatable bonds is 4. The van der Waals surface area contributed by atoms with E-state index < -0.39 is 0 Å². The molecule has 2 aromatic rings. The van der Waals surface area contributed by atoms with E-state index in [0.717, 1.165) is 22.6 Å². The van der Waals surface area contributed by atoms with Gasteiger partial charge >= 0.3 is 0 Å². The predicted molar refractivity (Wildman–Crippen MR) is 82.0 cm³/mol. The Hall–Kier alpha value is -0.630. The molecule has 0 bridgehead atoms. The molecule has 1 atom stereocenters. The topological polar surface area (TPSA) is 0 Å². The number of halogens is 2. The van der Waals surface area contributed by atoms with Crippen LogP contribution < -0.4 is 0 Å². The van der Waals surface area contributed by atoms with E-state index >= 15 is 0 Å². The first-order valence-electron chi connectivity index (χ1n) is 5.71. The van der Waals surface area contributed by atoms with E-state index in [9.17, 15) is 0 Å². The van der Waals surface area contributed by atoms with Gasteiger partial charge in [0.1, 0.15) is 0 Å². The Balaban J connectivity index is 2.09. The minimum Gasteiger partial charge on any atom is -0.130 e. The van der Waals surface area contributed by atoms with Crippen LogP contribution in [-0.2, 0) is 6.42 Å². The molecule has 0 radical (unpaired) electrons. The molecule has 0 heterocycles. The summed E-state index contributed by atoms with van der Waals surface area (Å²) < 4.78 is 0. The molecule has 0 saturated heterocycles. The van der Waals surface area contributed by atoms with Gasteiger partial charge in [0.05, 0.1) is 5.38 Å². The summed E-state index contributed by atoms with van der Waals surface area (Å²) in [5.74, 6) is 0. The van der Waals surface area contributed by atoms with Crippen molar-refractivity contribution in [3.63, 3.8) is 0 Å². The molecular formula is C15H14Cl2S. The maximum Gasteiger partial charge on any atom is 0.0625 e. The average Bonchev–Trinajstić information content (AvgIpc) is 2.39. The second-order valence-electron chi connectivity index (χ2n) is 4.07. The summed E-state index contributed by atoms with van der Waals surface area (Å²) in [5.41, 5.74) is 2.31. The van der Waals surface area contributed by atoms with Crippen molar-refractivity contribution in [2.75, 3.05) is 6.26 Å². The molecule has 2 rings (SSSR count). The van der Waals surface area contributed by atoms with Crippen molar-refractivity contribution in [1.82, 2.24) is 0 Å². The van der Waals surface area contributed by atoms with Gasteiger partial charge in [0.25, 0.3) is 0 Å². The SMILES string of the molecule is CSc1ccc(C(Cl)Cc2cccc(Cl)c2)cc1. The number of thioether (sulfide) groups is 1. The normalized spacial score (nSPS) is 12.4. The van der Waals surface area contributed by atoms with E-state index in [2.05, 4.69) is 36.6 Å². The predicted octanol–water partition coefficient (Wildman–Crippen LogP) is 5.58. The van der Waals surface area contributed by atoms with Crippen LogP contribution in [0, 0.1) is 0 Å². The van der Waals surface area contributed by atoms with Crippen molar-refractivity contribution in [3.8, 4) is 0 Å². The minimum absolute atomic E-state index is 0.0145. The van der Waals surface area contributed by atoms with Gasteiger partial charge in [-0.25, -0.2) is 0 Å². The molecule has 0 aliphatic rings. The highest BCUT2D eigenvalue weighted by atomic mass is 35.5. The van der Waals surface area contributed by atoms with Crippen LogP contribution in [0.4, 0.5) is 0 Å². The lowest BCUT2D eigenvalue weighted by Crippen LogP contribution is -1.95. The quantitative estimate of drug-likeness (QED) is 0.524. The smallest absolute Gasteiger partial charge is 0.0625 e. The molecule has 18 heavy (non-hydrogen) atoms. The van der Waals surface area contributed by atoms with E-state index in [1.165, 1.54) is 4.90 Å². The summed E-state index contributed by atoms with van der Waals surface area (Å²) >= 11 is 14.1. The van der Waals surface area contributed by atoms with E-state index in [0.29, 0.717) is 0 Å². The average molecular weight is 297 g/mol. The van der Waals surface area contributed by atoms with E-state index in [4.69, 9.17) is 23.2 Å². The van der Waals surface area contributed by atoms with Crippen molar-refractivity contribution in [1.29, 1.82) is 0 Å². The number of alkyl halides is 1. The van der Waals surface area contributed by atoms with Gasteiger partial charge < -0.3 is 0 Å². The minimum atomic E-state index is -0.0145. The van der Waals surface area contributed by atoms with Crippen LogP contribution in [0.3, 0.4) is 0 Å². The van der Waals surface area contributed by atoms with Gasteiger partial charge in [-0.05, 0) is 48.1 Å². The van der Waals surface area contributed by atoms with Crippen molar-refractivity contribution in [2.45, 2.75) is 16.7 Å². The number of hydrogen-bond donors (Lipinski definition) is 0. The molecule has 94 valence electrons. The molecule has 0 spiro atoms. The van der Waals surface area contributed by atoms with Gasteiger partial charge in [-0.15, -0.1) is 23.4 Å². The highest BCUT2D eigenvalue weighted by Crippen LogP contribution is 2.27. The molecule has 3 heteroatoms. The van der Waals surface area contributed by atoms with Gasteiger partial charge in [0, 0.05) is 9.92 Å². The van der Waals surface area contributed by atoms with E-state index in [1.807, 2.05) is 18.2 Å². The molecule has 0 aliphatic heterocycles. The van der Waals surface area contributed by atoms with Crippen LogP contribution in [-0.4, -0.2) is 6.26 Å². The molecule has 0 amide bonds. The highest BCUT2D eigenvalue weighted by Gasteiger charge is 2.09. The van der Waals surface area contributed by atoms with Crippen molar-refractivity contribution in [2.24, 2.45) is 0 Å². The fourth-order valence-electron chi connectivity index (χ4n) is 1.80. The fourth-order valence-corrected chi connectivity index (χ4v) is 2.75. The molecule has 0 aliphatic carbocycles. The van der Waals surface area contributed by atoms with Crippen LogP contribution >= 0.6 is 35.0 Å². The van der Waals surface area contributed by atoms with Crippen molar-refractivity contribution >= 4 is 35.0 Å². The lowest BCUT2D eigenvalue weighted by molar-refractivity contribution is 0.918.